The van der Waals surface area contributed by atoms with Crippen molar-refractivity contribution in [3.8, 4) is 5.69 Å². The van der Waals surface area contributed by atoms with Crippen molar-refractivity contribution in [2.24, 2.45) is 0 Å². The van der Waals surface area contributed by atoms with Crippen LogP contribution < -0.4 is 10.9 Å². The molecule has 0 unspecified atom stereocenters. The normalized spacial score (nSPS) is 10.9. The minimum Gasteiger partial charge on any atom is -0.467 e. The van der Waals surface area contributed by atoms with Crippen LogP contribution in [0.3, 0.4) is 0 Å². The average Bonchev–Trinajstić information content (AvgIpc) is 3.28. The fourth-order valence-electron chi connectivity index (χ4n) is 2.65. The third-order valence-corrected chi connectivity index (χ3v) is 4.96. The topological polar surface area (TPSA) is 64.2 Å². The van der Waals surface area contributed by atoms with Gasteiger partial charge in [0.2, 0.25) is 0 Å². The van der Waals surface area contributed by atoms with Gasteiger partial charge in [0.15, 0.2) is 0 Å². The molecule has 0 spiro atoms. The third-order valence-electron chi connectivity index (χ3n) is 3.86. The molecule has 124 valence electrons. The number of rotatable bonds is 4. The quantitative estimate of drug-likeness (QED) is 0.612. The molecule has 1 N–H and O–H groups in total. The Morgan fingerprint density at radius 1 is 1.04 bits per heavy atom. The number of nitrogens with one attached hydrogen (secondary N) is 1. The molecule has 0 aliphatic rings. The minimum absolute atomic E-state index is 0.119. The molecule has 5 nitrogen and oxygen atoms in total. The summed E-state index contributed by atoms with van der Waals surface area (Å²) >= 11 is 1.33. The van der Waals surface area contributed by atoms with Crippen LogP contribution in [-0.4, -0.2) is 9.86 Å². The summed E-state index contributed by atoms with van der Waals surface area (Å²) in [5.74, 6) is 0.418. The van der Waals surface area contributed by atoms with E-state index in [0.717, 1.165) is 4.70 Å². The molecule has 6 heteroatoms. The molecular weight excluding hydrogens is 336 g/mol. The molecule has 2 aromatic carbocycles. The fourth-order valence-corrected chi connectivity index (χ4v) is 3.68. The predicted molar refractivity (Wildman–Crippen MR) is 97.3 cm³/mol. The highest BCUT2D eigenvalue weighted by Gasteiger charge is 2.16. The standard InChI is InChI=1S/C19H14N2O3S/c22-18(20-12-13-6-5-11-24-13)14-7-1-3-9-16(14)21-19(23)15-8-2-4-10-17(15)25-21/h1-11H,12H2,(H,20,22). The summed E-state index contributed by atoms with van der Waals surface area (Å²) in [4.78, 5) is 25.3. The first-order chi connectivity index (χ1) is 12.2. The van der Waals surface area contributed by atoms with Crippen molar-refractivity contribution < 1.29 is 9.21 Å². The van der Waals surface area contributed by atoms with Gasteiger partial charge in [0.05, 0.1) is 34.1 Å². The SMILES string of the molecule is O=C(NCc1ccco1)c1ccccc1-n1sc2ccccc2c1=O. The van der Waals surface area contributed by atoms with E-state index < -0.39 is 0 Å². The van der Waals surface area contributed by atoms with Crippen LogP contribution in [0.4, 0.5) is 0 Å². The predicted octanol–water partition coefficient (Wildman–Crippen LogP) is 3.58. The lowest BCUT2D eigenvalue weighted by Gasteiger charge is -2.09. The van der Waals surface area contributed by atoms with E-state index in [1.165, 1.54) is 11.5 Å². The zero-order chi connectivity index (χ0) is 17.2. The first-order valence-corrected chi connectivity index (χ1v) is 8.52. The Morgan fingerprint density at radius 2 is 1.84 bits per heavy atom. The lowest BCUT2D eigenvalue weighted by Crippen LogP contribution is -2.25. The van der Waals surface area contributed by atoms with Crippen LogP contribution in [0, 0.1) is 0 Å². The molecule has 2 aromatic heterocycles. The first-order valence-electron chi connectivity index (χ1n) is 7.75. The average molecular weight is 350 g/mol. The number of aromatic nitrogens is 1. The number of hydrogen-bond donors (Lipinski definition) is 1. The van der Waals surface area contributed by atoms with E-state index in [9.17, 15) is 9.59 Å². The number of nitrogens with zero attached hydrogens (tertiary/aromatic N) is 1. The summed E-state index contributed by atoms with van der Waals surface area (Å²) in [6, 6.07) is 18.1. The highest BCUT2D eigenvalue weighted by molar-refractivity contribution is 7.14. The maximum Gasteiger partial charge on any atom is 0.273 e. The largest absolute Gasteiger partial charge is 0.467 e. The third kappa shape index (κ3) is 2.88. The molecule has 1 amide bonds. The van der Waals surface area contributed by atoms with Crippen molar-refractivity contribution in [2.45, 2.75) is 6.54 Å². The van der Waals surface area contributed by atoms with Crippen molar-refractivity contribution in [1.29, 1.82) is 0 Å². The molecule has 0 radical (unpaired) electrons. The molecule has 0 atom stereocenters. The van der Waals surface area contributed by atoms with Crippen LogP contribution in [0.25, 0.3) is 15.8 Å². The van der Waals surface area contributed by atoms with Gasteiger partial charge in [-0.3, -0.25) is 9.59 Å². The van der Waals surface area contributed by atoms with Gasteiger partial charge in [-0.2, -0.15) is 0 Å². The molecule has 0 aliphatic carbocycles. The summed E-state index contributed by atoms with van der Waals surface area (Å²) < 4.78 is 7.68. The lowest BCUT2D eigenvalue weighted by molar-refractivity contribution is 0.0948. The molecule has 2 heterocycles. The molecule has 0 saturated heterocycles. The maximum atomic E-state index is 12.7. The fraction of sp³-hybridized carbons (Fsp3) is 0.0526. The van der Waals surface area contributed by atoms with E-state index in [1.807, 2.05) is 24.3 Å². The van der Waals surface area contributed by atoms with Gasteiger partial charge in [-0.05, 0) is 36.4 Å². The summed E-state index contributed by atoms with van der Waals surface area (Å²) in [6.07, 6.45) is 1.56. The van der Waals surface area contributed by atoms with Crippen molar-refractivity contribution in [3.05, 3.63) is 88.6 Å². The van der Waals surface area contributed by atoms with E-state index >= 15 is 0 Å². The Hall–Kier alpha value is -3.12. The van der Waals surface area contributed by atoms with Gasteiger partial charge in [-0.1, -0.05) is 35.8 Å². The Labute approximate surface area is 147 Å². The maximum absolute atomic E-state index is 12.7. The van der Waals surface area contributed by atoms with Gasteiger partial charge in [-0.25, -0.2) is 3.96 Å². The molecule has 4 aromatic rings. The number of furan rings is 1. The van der Waals surface area contributed by atoms with Gasteiger partial charge >= 0.3 is 0 Å². The number of benzene rings is 2. The molecule has 0 fully saturated rings. The van der Waals surface area contributed by atoms with Crippen molar-refractivity contribution in [2.75, 3.05) is 0 Å². The summed E-state index contributed by atoms with van der Waals surface area (Å²) in [5, 5.41) is 3.47. The van der Waals surface area contributed by atoms with Crippen molar-refractivity contribution in [1.82, 2.24) is 9.27 Å². The summed E-state index contributed by atoms with van der Waals surface area (Å²) in [5.41, 5.74) is 0.903. The van der Waals surface area contributed by atoms with Crippen LogP contribution in [0.5, 0.6) is 0 Å². The van der Waals surface area contributed by atoms with Crippen LogP contribution in [0.1, 0.15) is 16.1 Å². The Bertz CT molecular complexity index is 1090. The molecule has 4 rings (SSSR count). The zero-order valence-electron chi connectivity index (χ0n) is 13.1. The number of amides is 1. The minimum atomic E-state index is -0.253. The first kappa shape index (κ1) is 15.4. The second-order valence-corrected chi connectivity index (χ2v) is 6.45. The number of carbonyl (C=O) groups excluding carboxylic acids is 1. The number of para-hydroxylation sites is 1. The van der Waals surface area contributed by atoms with Crippen molar-refractivity contribution >= 4 is 27.5 Å². The van der Waals surface area contributed by atoms with Gasteiger partial charge in [0, 0.05) is 0 Å². The van der Waals surface area contributed by atoms with Gasteiger partial charge in [0.1, 0.15) is 5.76 Å². The van der Waals surface area contributed by atoms with Crippen LogP contribution in [-0.2, 0) is 6.54 Å². The molecular formula is C19H14N2O3S. The van der Waals surface area contributed by atoms with Gasteiger partial charge in [-0.15, -0.1) is 0 Å². The van der Waals surface area contributed by atoms with Crippen molar-refractivity contribution in [3.63, 3.8) is 0 Å². The van der Waals surface area contributed by atoms with Gasteiger partial charge in [0.25, 0.3) is 11.5 Å². The van der Waals surface area contributed by atoms with E-state index in [0.29, 0.717) is 28.9 Å². The monoisotopic (exact) mass is 350 g/mol. The van der Waals surface area contributed by atoms with E-state index in [1.54, 1.807) is 46.6 Å². The molecule has 0 bridgehead atoms. The number of fused-ring (bicyclic) bond motifs is 1. The van der Waals surface area contributed by atoms with E-state index in [2.05, 4.69) is 5.32 Å². The second kappa shape index (κ2) is 6.41. The van der Waals surface area contributed by atoms with Crippen LogP contribution in [0.15, 0.2) is 76.1 Å². The molecule has 0 saturated carbocycles. The summed E-state index contributed by atoms with van der Waals surface area (Å²) in [6.45, 7) is 0.293. The highest BCUT2D eigenvalue weighted by atomic mass is 32.1. The van der Waals surface area contributed by atoms with Crippen LogP contribution >= 0.6 is 11.5 Å². The molecule has 25 heavy (non-hydrogen) atoms. The smallest absolute Gasteiger partial charge is 0.273 e. The van der Waals surface area contributed by atoms with Crippen LogP contribution in [0.2, 0.25) is 0 Å². The number of hydrogen-bond acceptors (Lipinski definition) is 4. The molecule has 0 aliphatic heterocycles. The Kier molecular flexibility index (Phi) is 3.95. The second-order valence-electron chi connectivity index (χ2n) is 5.47. The zero-order valence-corrected chi connectivity index (χ0v) is 14.0. The van der Waals surface area contributed by atoms with Gasteiger partial charge < -0.3 is 9.73 Å². The lowest BCUT2D eigenvalue weighted by atomic mass is 10.1. The number of carbonyl (C=O) groups is 1. The Morgan fingerprint density at radius 3 is 2.64 bits per heavy atom. The van der Waals surface area contributed by atoms with E-state index in [-0.39, 0.29) is 11.5 Å². The Balaban J connectivity index is 1.72. The van der Waals surface area contributed by atoms with E-state index in [4.69, 9.17) is 4.42 Å². The highest BCUT2D eigenvalue weighted by Crippen LogP contribution is 2.22. The summed E-state index contributed by atoms with van der Waals surface area (Å²) in [7, 11) is 0.